The largest absolute Gasteiger partial charge is 0.462 e. The molecule has 0 aliphatic carbocycles. The van der Waals surface area contributed by atoms with E-state index in [-0.39, 0.29) is 6.61 Å². The van der Waals surface area contributed by atoms with Gasteiger partial charge in [0.25, 0.3) is 0 Å². The number of nitrogens with one attached hydrogen (secondary N) is 2. The van der Waals surface area contributed by atoms with E-state index in [1.165, 1.54) is 12.1 Å². The van der Waals surface area contributed by atoms with Crippen molar-refractivity contribution in [2.75, 3.05) is 11.9 Å². The van der Waals surface area contributed by atoms with Crippen LogP contribution in [0.1, 0.15) is 22.8 Å². The summed E-state index contributed by atoms with van der Waals surface area (Å²) in [5.74, 6) is -0.0768. The summed E-state index contributed by atoms with van der Waals surface area (Å²) in [4.78, 5) is 19.0. The number of carbonyl (C=O) groups excluding carboxylic acids is 1. The normalized spacial score (nSPS) is 11.5. The average Bonchev–Trinajstić information content (AvgIpc) is 2.96. The number of benzene rings is 2. The number of hydrogen-bond acceptors (Lipinski definition) is 4. The van der Waals surface area contributed by atoms with E-state index in [1.54, 1.807) is 25.1 Å². The van der Waals surface area contributed by atoms with E-state index < -0.39 is 17.7 Å². The Morgan fingerprint density at radius 1 is 1.20 bits per heavy atom. The van der Waals surface area contributed by atoms with Gasteiger partial charge in [0.2, 0.25) is 5.95 Å². The zero-order valence-electron chi connectivity index (χ0n) is 13.1. The van der Waals surface area contributed by atoms with Crippen molar-refractivity contribution in [2.45, 2.75) is 13.1 Å². The molecule has 0 aliphatic rings. The predicted molar refractivity (Wildman–Crippen MR) is 86.8 cm³/mol. The van der Waals surface area contributed by atoms with Gasteiger partial charge in [0.15, 0.2) is 0 Å². The Balaban J connectivity index is 1.81. The molecule has 2 aromatic carbocycles. The first-order valence-corrected chi connectivity index (χ1v) is 7.48. The zero-order chi connectivity index (χ0) is 18.0. The fraction of sp³-hybridized carbons (Fsp3) is 0.176. The van der Waals surface area contributed by atoms with Crippen LogP contribution in [-0.2, 0) is 10.9 Å². The number of hydrogen-bond donors (Lipinski definition) is 2. The van der Waals surface area contributed by atoms with E-state index in [0.29, 0.717) is 28.2 Å². The molecule has 3 rings (SSSR count). The number of rotatable bonds is 4. The third kappa shape index (κ3) is 3.73. The topological polar surface area (TPSA) is 67.0 Å². The van der Waals surface area contributed by atoms with Crippen LogP contribution >= 0.6 is 0 Å². The van der Waals surface area contributed by atoms with Gasteiger partial charge in [-0.15, -0.1) is 0 Å². The summed E-state index contributed by atoms with van der Waals surface area (Å²) in [6.07, 6.45) is -4.37. The van der Waals surface area contributed by atoms with Crippen molar-refractivity contribution >= 4 is 28.6 Å². The maximum Gasteiger partial charge on any atom is 0.416 e. The molecule has 5 nitrogen and oxygen atoms in total. The molecule has 2 N–H and O–H groups in total. The number of alkyl halides is 3. The predicted octanol–water partition coefficient (Wildman–Crippen LogP) is 4.50. The molecule has 25 heavy (non-hydrogen) atoms. The molecule has 0 aliphatic heterocycles. The molecule has 0 bridgehead atoms. The van der Waals surface area contributed by atoms with Gasteiger partial charge in [-0.1, -0.05) is 0 Å². The Hall–Kier alpha value is -3.03. The fourth-order valence-corrected chi connectivity index (χ4v) is 2.29. The Kier molecular flexibility index (Phi) is 4.35. The van der Waals surface area contributed by atoms with Crippen molar-refractivity contribution in [2.24, 2.45) is 0 Å². The number of esters is 1. The van der Waals surface area contributed by atoms with Gasteiger partial charge in [-0.05, 0) is 49.4 Å². The number of aromatic amines is 1. The highest BCUT2D eigenvalue weighted by molar-refractivity contribution is 5.94. The number of anilines is 2. The van der Waals surface area contributed by atoms with Crippen LogP contribution < -0.4 is 5.32 Å². The monoisotopic (exact) mass is 349 g/mol. The van der Waals surface area contributed by atoms with Gasteiger partial charge in [0, 0.05) is 5.69 Å². The zero-order valence-corrected chi connectivity index (χ0v) is 13.1. The van der Waals surface area contributed by atoms with Gasteiger partial charge in [0.05, 0.1) is 28.8 Å². The molecule has 0 radical (unpaired) electrons. The second-order valence-electron chi connectivity index (χ2n) is 5.24. The third-order valence-electron chi connectivity index (χ3n) is 3.47. The number of H-pyrrole nitrogens is 1. The first-order chi connectivity index (χ1) is 11.9. The Labute approximate surface area is 140 Å². The highest BCUT2D eigenvalue weighted by Gasteiger charge is 2.29. The molecular weight excluding hydrogens is 335 g/mol. The molecule has 0 saturated heterocycles. The molecule has 1 aromatic heterocycles. The molecule has 3 aromatic rings. The summed E-state index contributed by atoms with van der Waals surface area (Å²) in [5.41, 5.74) is 1.35. The molecule has 0 unspecified atom stereocenters. The lowest BCUT2D eigenvalue weighted by molar-refractivity contribution is -0.137. The molecule has 0 saturated carbocycles. The van der Waals surface area contributed by atoms with Crippen LogP contribution in [-0.4, -0.2) is 22.5 Å². The minimum absolute atomic E-state index is 0.278. The number of aromatic nitrogens is 2. The summed E-state index contributed by atoms with van der Waals surface area (Å²) in [6.45, 7) is 2.00. The van der Waals surface area contributed by atoms with Crippen molar-refractivity contribution in [1.82, 2.24) is 9.97 Å². The van der Waals surface area contributed by atoms with E-state index >= 15 is 0 Å². The van der Waals surface area contributed by atoms with Crippen molar-refractivity contribution in [3.05, 3.63) is 53.6 Å². The number of ether oxygens (including phenoxy) is 1. The van der Waals surface area contributed by atoms with Crippen LogP contribution in [0.15, 0.2) is 42.5 Å². The van der Waals surface area contributed by atoms with Crippen molar-refractivity contribution in [3.63, 3.8) is 0 Å². The van der Waals surface area contributed by atoms with Gasteiger partial charge >= 0.3 is 12.1 Å². The van der Waals surface area contributed by atoms with E-state index in [2.05, 4.69) is 15.3 Å². The minimum atomic E-state index is -4.37. The molecule has 130 valence electrons. The van der Waals surface area contributed by atoms with Crippen molar-refractivity contribution < 1.29 is 22.7 Å². The first-order valence-electron chi connectivity index (χ1n) is 7.48. The minimum Gasteiger partial charge on any atom is -0.462 e. The number of imidazole rings is 1. The van der Waals surface area contributed by atoms with Crippen LogP contribution in [0, 0.1) is 0 Å². The van der Waals surface area contributed by atoms with Crippen LogP contribution in [0.4, 0.5) is 24.8 Å². The van der Waals surface area contributed by atoms with Crippen LogP contribution in [0.2, 0.25) is 0 Å². The molecule has 8 heteroatoms. The van der Waals surface area contributed by atoms with Crippen LogP contribution in [0.5, 0.6) is 0 Å². The lowest BCUT2D eigenvalue weighted by Gasteiger charge is -2.07. The smallest absolute Gasteiger partial charge is 0.416 e. The molecule has 1 heterocycles. The Morgan fingerprint density at radius 3 is 2.56 bits per heavy atom. The number of halogens is 3. The average molecular weight is 349 g/mol. The second-order valence-corrected chi connectivity index (χ2v) is 5.24. The molecule has 0 spiro atoms. The van der Waals surface area contributed by atoms with E-state index in [9.17, 15) is 18.0 Å². The van der Waals surface area contributed by atoms with Crippen LogP contribution in [0.3, 0.4) is 0 Å². The summed E-state index contributed by atoms with van der Waals surface area (Å²) < 4.78 is 42.6. The molecule has 0 atom stereocenters. The Morgan fingerprint density at radius 2 is 1.92 bits per heavy atom. The highest BCUT2D eigenvalue weighted by atomic mass is 19.4. The molecular formula is C17H14F3N3O2. The van der Waals surface area contributed by atoms with Crippen molar-refractivity contribution in [3.8, 4) is 0 Å². The third-order valence-corrected chi connectivity index (χ3v) is 3.47. The van der Waals surface area contributed by atoms with Gasteiger partial charge in [-0.2, -0.15) is 13.2 Å². The lowest BCUT2D eigenvalue weighted by atomic mass is 10.2. The fourth-order valence-electron chi connectivity index (χ4n) is 2.29. The summed E-state index contributed by atoms with van der Waals surface area (Å²) in [5, 5.41) is 2.90. The SMILES string of the molecule is CCOC(=O)c1ccc2nc(Nc3ccc(C(F)(F)F)cc3)[nH]c2c1. The quantitative estimate of drug-likeness (QED) is 0.681. The molecule has 0 amide bonds. The van der Waals surface area contributed by atoms with Gasteiger partial charge in [0.1, 0.15) is 0 Å². The summed E-state index contributed by atoms with van der Waals surface area (Å²) in [6, 6.07) is 9.49. The van der Waals surface area contributed by atoms with Crippen LogP contribution in [0.25, 0.3) is 11.0 Å². The standard InChI is InChI=1S/C17H14F3N3O2/c1-2-25-15(24)10-3-8-13-14(9-10)23-16(22-13)21-12-6-4-11(5-7-12)17(18,19)20/h3-9H,2H2,1H3,(H2,21,22,23). The van der Waals surface area contributed by atoms with Crippen molar-refractivity contribution in [1.29, 1.82) is 0 Å². The second kappa shape index (κ2) is 6.46. The first kappa shape index (κ1) is 16.8. The van der Waals surface area contributed by atoms with E-state index in [4.69, 9.17) is 4.74 Å². The van der Waals surface area contributed by atoms with E-state index in [0.717, 1.165) is 12.1 Å². The van der Waals surface area contributed by atoms with E-state index in [1.807, 2.05) is 0 Å². The van der Waals surface area contributed by atoms with Gasteiger partial charge < -0.3 is 15.0 Å². The number of fused-ring (bicyclic) bond motifs is 1. The van der Waals surface area contributed by atoms with Gasteiger partial charge in [-0.25, -0.2) is 9.78 Å². The summed E-state index contributed by atoms with van der Waals surface area (Å²) in [7, 11) is 0. The summed E-state index contributed by atoms with van der Waals surface area (Å²) >= 11 is 0. The number of carbonyl (C=O) groups is 1. The Bertz CT molecular complexity index is 902. The highest BCUT2D eigenvalue weighted by Crippen LogP contribution is 2.30. The molecule has 0 fully saturated rings. The lowest BCUT2D eigenvalue weighted by Crippen LogP contribution is -2.04. The maximum atomic E-state index is 12.6. The van der Waals surface area contributed by atoms with Gasteiger partial charge in [-0.3, -0.25) is 0 Å². The number of nitrogens with zero attached hydrogens (tertiary/aromatic N) is 1. The maximum absolute atomic E-state index is 12.6.